The third kappa shape index (κ3) is 10.1. The van der Waals surface area contributed by atoms with Crippen molar-refractivity contribution in [3.63, 3.8) is 0 Å². The molecule has 102 valence electrons. The summed E-state index contributed by atoms with van der Waals surface area (Å²) in [6.07, 6.45) is 1.01. The number of halogens is 1. The Kier molecular flexibility index (Phi) is 7.59. The van der Waals surface area contributed by atoms with Crippen molar-refractivity contribution in [1.82, 2.24) is 0 Å². The lowest BCUT2D eigenvalue weighted by molar-refractivity contribution is -0.140. The lowest BCUT2D eigenvalue weighted by Crippen LogP contribution is -2.15. The molecule has 1 aromatic rings. The molecule has 0 aliphatic rings. The minimum atomic E-state index is -1.50. The second-order valence-corrected chi connectivity index (χ2v) is 4.57. The summed E-state index contributed by atoms with van der Waals surface area (Å²) in [5, 5.41) is 16.9. The molecule has 0 aromatic heterocycles. The molecule has 4 nitrogen and oxygen atoms in total. The molecule has 0 saturated carbocycles. The van der Waals surface area contributed by atoms with Gasteiger partial charge in [0.05, 0.1) is 7.11 Å². The van der Waals surface area contributed by atoms with Gasteiger partial charge < -0.3 is 14.9 Å². The van der Waals surface area contributed by atoms with Crippen LogP contribution in [0.15, 0.2) is 24.3 Å². The monoisotopic (exact) mass is 274 g/mol. The number of esters is 1. The predicted octanol–water partition coefficient (Wildman–Crippen LogP) is 2.15. The van der Waals surface area contributed by atoms with E-state index in [1.165, 1.54) is 21.0 Å². The molecule has 1 rings (SSSR count). The van der Waals surface area contributed by atoms with Crippen molar-refractivity contribution in [2.24, 2.45) is 0 Å². The fourth-order valence-corrected chi connectivity index (χ4v) is 1.27. The second-order valence-electron chi connectivity index (χ2n) is 4.16. The van der Waals surface area contributed by atoms with Crippen molar-refractivity contribution in [2.75, 3.05) is 7.11 Å². The van der Waals surface area contributed by atoms with Crippen molar-refractivity contribution in [2.45, 2.75) is 32.5 Å². The van der Waals surface area contributed by atoms with Gasteiger partial charge in [-0.3, -0.25) is 4.79 Å². The van der Waals surface area contributed by atoms with Crippen molar-refractivity contribution in [3.05, 3.63) is 34.9 Å². The molecule has 1 aromatic carbocycles. The molecule has 0 saturated heterocycles. The Bertz CT molecular complexity index is 365. The van der Waals surface area contributed by atoms with Crippen LogP contribution < -0.4 is 0 Å². The van der Waals surface area contributed by atoms with Crippen LogP contribution >= 0.6 is 11.6 Å². The zero-order valence-corrected chi connectivity index (χ0v) is 11.6. The van der Waals surface area contributed by atoms with E-state index in [9.17, 15) is 4.79 Å². The van der Waals surface area contributed by atoms with Crippen molar-refractivity contribution in [3.8, 4) is 0 Å². The van der Waals surface area contributed by atoms with Gasteiger partial charge in [0.2, 0.25) is 0 Å². The highest BCUT2D eigenvalue weighted by Gasteiger charge is 2.03. The zero-order valence-electron chi connectivity index (χ0n) is 10.8. The Morgan fingerprint density at radius 3 is 2.28 bits per heavy atom. The van der Waals surface area contributed by atoms with Crippen LogP contribution in [-0.2, 0) is 16.0 Å². The molecule has 0 atom stereocenters. The summed E-state index contributed by atoms with van der Waals surface area (Å²) < 4.78 is 4.53. The first kappa shape index (κ1) is 16.9. The zero-order chi connectivity index (χ0) is 14.2. The summed E-state index contributed by atoms with van der Waals surface area (Å²) >= 11 is 5.90. The number of carbonyl (C=O) groups excluding carboxylic acids is 1. The molecule has 0 amide bonds. The van der Waals surface area contributed by atoms with Crippen LogP contribution in [0, 0.1) is 0 Å². The van der Waals surface area contributed by atoms with Crippen LogP contribution in [0.25, 0.3) is 0 Å². The molecule has 0 heterocycles. The van der Waals surface area contributed by atoms with Gasteiger partial charge in [-0.2, -0.15) is 0 Å². The summed E-state index contributed by atoms with van der Waals surface area (Å²) in [6.45, 7) is 2.60. The van der Waals surface area contributed by atoms with E-state index >= 15 is 0 Å². The number of carbonyl (C=O) groups is 1. The van der Waals surface area contributed by atoms with E-state index in [0.717, 1.165) is 5.56 Å². The topological polar surface area (TPSA) is 66.8 Å². The largest absolute Gasteiger partial charge is 0.469 e. The van der Waals surface area contributed by atoms with E-state index in [2.05, 4.69) is 4.74 Å². The van der Waals surface area contributed by atoms with Crippen molar-refractivity contribution < 1.29 is 19.7 Å². The first-order valence-electron chi connectivity index (χ1n) is 5.49. The minimum absolute atomic E-state index is 0.208. The number of ether oxygens (including phenoxy) is 1. The third-order valence-corrected chi connectivity index (χ3v) is 2.15. The number of aliphatic hydroxyl groups is 2. The van der Waals surface area contributed by atoms with Gasteiger partial charge in [-0.25, -0.2) is 0 Å². The smallest absolute Gasteiger partial charge is 0.305 e. The maximum atomic E-state index is 10.8. The fraction of sp³-hybridized carbons (Fsp3) is 0.462. The highest BCUT2D eigenvalue weighted by molar-refractivity contribution is 6.31. The molecule has 18 heavy (non-hydrogen) atoms. The van der Waals surface area contributed by atoms with Crippen LogP contribution in [0.4, 0.5) is 0 Å². The van der Waals surface area contributed by atoms with E-state index in [0.29, 0.717) is 17.9 Å². The molecule has 0 spiro atoms. The standard InChI is InChI=1S/C10H11ClO2.C3H8O2/c1-13-10(12)7-6-8-4-2-3-5-9(8)11;1-3(2,4)5/h2-5H,6-7H2,1H3;4-5H,1-2H3. The van der Waals surface area contributed by atoms with Crippen LogP contribution in [0.3, 0.4) is 0 Å². The highest BCUT2D eigenvalue weighted by atomic mass is 35.5. The Labute approximate surface area is 112 Å². The first-order valence-corrected chi connectivity index (χ1v) is 5.87. The van der Waals surface area contributed by atoms with E-state index < -0.39 is 5.79 Å². The maximum Gasteiger partial charge on any atom is 0.305 e. The normalized spacial score (nSPS) is 10.3. The van der Waals surface area contributed by atoms with E-state index in [1.807, 2.05) is 24.3 Å². The van der Waals surface area contributed by atoms with Crippen molar-refractivity contribution in [1.29, 1.82) is 0 Å². The molecule has 5 heteroatoms. The number of hydrogen-bond donors (Lipinski definition) is 2. The molecule has 0 fully saturated rings. The molecular formula is C13H19ClO4. The molecule has 0 unspecified atom stereocenters. The van der Waals surface area contributed by atoms with E-state index in [4.69, 9.17) is 21.8 Å². The Hall–Kier alpha value is -1.10. The summed E-state index contributed by atoms with van der Waals surface area (Å²) in [5.74, 6) is -1.71. The number of rotatable bonds is 3. The summed E-state index contributed by atoms with van der Waals surface area (Å²) in [7, 11) is 1.38. The molecule has 0 bridgehead atoms. The van der Waals surface area contributed by atoms with E-state index in [1.54, 1.807) is 0 Å². The average molecular weight is 275 g/mol. The van der Waals surface area contributed by atoms with Crippen LogP contribution in [-0.4, -0.2) is 29.1 Å². The lowest BCUT2D eigenvalue weighted by atomic mass is 10.1. The second kappa shape index (κ2) is 8.08. The highest BCUT2D eigenvalue weighted by Crippen LogP contribution is 2.16. The molecule has 0 aliphatic carbocycles. The van der Waals surface area contributed by atoms with Gasteiger partial charge in [-0.15, -0.1) is 0 Å². The predicted molar refractivity (Wildman–Crippen MR) is 70.3 cm³/mol. The third-order valence-electron chi connectivity index (χ3n) is 1.78. The van der Waals surface area contributed by atoms with Gasteiger partial charge in [0, 0.05) is 11.4 Å². The molecule has 2 N–H and O–H groups in total. The van der Waals surface area contributed by atoms with Crippen LogP contribution in [0.5, 0.6) is 0 Å². The summed E-state index contributed by atoms with van der Waals surface area (Å²) in [5.41, 5.74) is 0.981. The molecule has 0 aliphatic heterocycles. The maximum absolute atomic E-state index is 10.8. The molecule has 0 radical (unpaired) electrons. The Morgan fingerprint density at radius 1 is 1.33 bits per heavy atom. The van der Waals surface area contributed by atoms with Crippen LogP contribution in [0.1, 0.15) is 25.8 Å². The minimum Gasteiger partial charge on any atom is -0.469 e. The van der Waals surface area contributed by atoms with Crippen LogP contribution in [0.2, 0.25) is 5.02 Å². The Morgan fingerprint density at radius 2 is 1.83 bits per heavy atom. The summed E-state index contributed by atoms with van der Waals surface area (Å²) in [4.78, 5) is 10.8. The van der Waals surface area contributed by atoms with Gasteiger partial charge in [0.25, 0.3) is 0 Å². The lowest BCUT2D eigenvalue weighted by Gasteiger charge is -2.03. The SMILES string of the molecule is CC(C)(O)O.COC(=O)CCc1ccccc1Cl. The van der Waals surface area contributed by atoms with Gasteiger partial charge in [-0.05, 0) is 31.9 Å². The number of aryl methyl sites for hydroxylation is 1. The Balaban J connectivity index is 0.000000494. The van der Waals surface area contributed by atoms with E-state index in [-0.39, 0.29) is 5.97 Å². The van der Waals surface area contributed by atoms with Gasteiger partial charge >= 0.3 is 5.97 Å². The number of benzene rings is 1. The van der Waals surface area contributed by atoms with Gasteiger partial charge in [-0.1, -0.05) is 29.8 Å². The molecular weight excluding hydrogens is 256 g/mol. The summed E-state index contributed by atoms with van der Waals surface area (Å²) in [6, 6.07) is 7.49. The number of hydrogen-bond acceptors (Lipinski definition) is 4. The number of methoxy groups -OCH3 is 1. The fourth-order valence-electron chi connectivity index (χ4n) is 1.04. The first-order chi connectivity index (χ1) is 8.24. The van der Waals surface area contributed by atoms with Gasteiger partial charge in [0.15, 0.2) is 5.79 Å². The average Bonchev–Trinajstić information content (AvgIpc) is 2.25. The van der Waals surface area contributed by atoms with Gasteiger partial charge in [0.1, 0.15) is 0 Å². The van der Waals surface area contributed by atoms with Crippen molar-refractivity contribution >= 4 is 17.6 Å². The quantitative estimate of drug-likeness (QED) is 0.655.